The topological polar surface area (TPSA) is 80.3 Å². The summed E-state index contributed by atoms with van der Waals surface area (Å²) in [6, 6.07) is 4.34. The normalized spacial score (nSPS) is 9.47. The number of rotatable bonds is 5. The third-order valence-electron chi connectivity index (χ3n) is 2.37. The molecule has 0 aliphatic rings. The van der Waals surface area contributed by atoms with E-state index in [1.807, 2.05) is 6.92 Å². The molecule has 0 N–H and O–H groups in total. The second kappa shape index (κ2) is 7.08. The zero-order chi connectivity index (χ0) is 12.1. The number of unbranched alkanes of at least 4 members (excludes halogenated alkanes) is 1. The van der Waals surface area contributed by atoms with E-state index in [1.165, 1.54) is 12.1 Å². The molecule has 0 aliphatic carbocycles. The number of benzene rings is 1. The van der Waals surface area contributed by atoms with Gasteiger partial charge in [0.1, 0.15) is 0 Å². The number of carboxylic acids is 2. The molecule has 0 atom stereocenters. The Labute approximate surface area is 110 Å². The molecule has 0 aliphatic heterocycles. The predicted molar refractivity (Wildman–Crippen MR) is 53.7 cm³/mol. The van der Waals surface area contributed by atoms with Crippen LogP contribution in [0.4, 0.5) is 0 Å². The van der Waals surface area contributed by atoms with Gasteiger partial charge in [-0.25, -0.2) is 0 Å². The van der Waals surface area contributed by atoms with E-state index in [0.29, 0.717) is 12.0 Å². The van der Waals surface area contributed by atoms with E-state index in [4.69, 9.17) is 0 Å². The summed E-state index contributed by atoms with van der Waals surface area (Å²) in [5, 5.41) is 21.7. The number of carboxylic acid groups (broad SMARTS) is 2. The van der Waals surface area contributed by atoms with E-state index in [1.54, 1.807) is 6.07 Å². The standard InChI is InChI=1S/C12H14O4.Co/c1-2-3-5-8-6-4-7-9(11(13)14)10(8)12(15)16;/h4,6-7H,2-3,5H2,1H3,(H,13,14)(H,15,16);/q;+2/p-2. The van der Waals surface area contributed by atoms with Gasteiger partial charge >= 0.3 is 16.8 Å². The molecule has 93 valence electrons. The summed E-state index contributed by atoms with van der Waals surface area (Å²) in [4.78, 5) is 21.7. The fourth-order valence-electron chi connectivity index (χ4n) is 1.59. The van der Waals surface area contributed by atoms with Crippen LogP contribution < -0.4 is 10.2 Å². The molecule has 0 bridgehead atoms. The number of hydrogen-bond acceptors (Lipinski definition) is 4. The Morgan fingerprint density at radius 3 is 2.29 bits per heavy atom. The molecule has 4 nitrogen and oxygen atoms in total. The second-order valence-corrected chi connectivity index (χ2v) is 3.52. The molecule has 1 radical (unpaired) electrons. The Kier molecular flexibility index (Phi) is 6.53. The predicted octanol–water partition coefficient (Wildman–Crippen LogP) is -0.246. The molecule has 0 heterocycles. The van der Waals surface area contributed by atoms with Crippen molar-refractivity contribution in [3.63, 3.8) is 0 Å². The molecule has 0 fully saturated rings. The van der Waals surface area contributed by atoms with Crippen molar-refractivity contribution in [2.75, 3.05) is 0 Å². The average molecular weight is 279 g/mol. The minimum Gasteiger partial charge on any atom is -0.545 e. The maximum atomic E-state index is 10.9. The van der Waals surface area contributed by atoms with Crippen LogP contribution in [0.5, 0.6) is 0 Å². The smallest absolute Gasteiger partial charge is 0.545 e. The average Bonchev–Trinajstić information content (AvgIpc) is 2.25. The molecular formula is C12H12CoO4. The van der Waals surface area contributed by atoms with Crippen LogP contribution in [-0.4, -0.2) is 11.9 Å². The van der Waals surface area contributed by atoms with Gasteiger partial charge in [0.2, 0.25) is 0 Å². The van der Waals surface area contributed by atoms with Crippen molar-refractivity contribution < 1.29 is 36.6 Å². The molecule has 0 saturated carbocycles. The minimum atomic E-state index is -1.49. The van der Waals surface area contributed by atoms with Crippen molar-refractivity contribution in [1.82, 2.24) is 0 Å². The van der Waals surface area contributed by atoms with Crippen molar-refractivity contribution in [3.05, 3.63) is 34.9 Å². The first-order chi connectivity index (χ1) is 7.57. The summed E-state index contributed by atoms with van der Waals surface area (Å²) in [6.07, 6.45) is 2.24. The van der Waals surface area contributed by atoms with Gasteiger partial charge in [-0.2, -0.15) is 0 Å². The number of carbonyl (C=O) groups excluding carboxylic acids is 2. The van der Waals surface area contributed by atoms with Gasteiger partial charge in [0.15, 0.2) is 0 Å². The monoisotopic (exact) mass is 279 g/mol. The zero-order valence-corrected chi connectivity index (χ0v) is 10.4. The molecular weight excluding hydrogens is 267 g/mol. The van der Waals surface area contributed by atoms with Crippen molar-refractivity contribution in [1.29, 1.82) is 0 Å². The third kappa shape index (κ3) is 3.87. The molecule has 0 unspecified atom stereocenters. The molecule has 0 amide bonds. The van der Waals surface area contributed by atoms with Crippen LogP contribution in [0, 0.1) is 0 Å². The Hall–Kier alpha value is -1.33. The van der Waals surface area contributed by atoms with E-state index >= 15 is 0 Å². The first-order valence-corrected chi connectivity index (χ1v) is 5.12. The van der Waals surface area contributed by atoms with Crippen molar-refractivity contribution >= 4 is 11.9 Å². The summed E-state index contributed by atoms with van der Waals surface area (Å²) < 4.78 is 0. The first kappa shape index (κ1) is 15.7. The summed E-state index contributed by atoms with van der Waals surface area (Å²) in [7, 11) is 0. The first-order valence-electron chi connectivity index (χ1n) is 5.12. The summed E-state index contributed by atoms with van der Waals surface area (Å²) in [5.41, 5.74) is -0.0758. The van der Waals surface area contributed by atoms with Gasteiger partial charge < -0.3 is 19.8 Å². The van der Waals surface area contributed by atoms with Crippen LogP contribution in [0.3, 0.4) is 0 Å². The zero-order valence-electron chi connectivity index (χ0n) is 9.32. The molecule has 0 aromatic heterocycles. The van der Waals surface area contributed by atoms with Crippen LogP contribution in [0.1, 0.15) is 46.0 Å². The SMILES string of the molecule is CCCCc1cccc(C(=O)[O-])c1C(=O)[O-].[Co+2]. The quantitative estimate of drug-likeness (QED) is 0.744. The Bertz CT molecular complexity index is 415. The molecule has 0 spiro atoms. The molecule has 1 rings (SSSR count). The molecule has 0 saturated heterocycles. The number of hydrogen-bond donors (Lipinski definition) is 0. The Morgan fingerprint density at radius 1 is 1.18 bits per heavy atom. The van der Waals surface area contributed by atoms with E-state index in [9.17, 15) is 19.8 Å². The van der Waals surface area contributed by atoms with Crippen molar-refractivity contribution in [2.45, 2.75) is 26.2 Å². The van der Waals surface area contributed by atoms with Crippen LogP contribution in [-0.2, 0) is 23.2 Å². The molecule has 1 aromatic rings. The fourth-order valence-corrected chi connectivity index (χ4v) is 1.59. The fraction of sp³-hybridized carbons (Fsp3) is 0.333. The van der Waals surface area contributed by atoms with Crippen LogP contribution >= 0.6 is 0 Å². The van der Waals surface area contributed by atoms with Crippen molar-refractivity contribution in [2.24, 2.45) is 0 Å². The molecule has 1 aromatic carbocycles. The van der Waals surface area contributed by atoms with Gasteiger partial charge in [0.05, 0.1) is 11.9 Å². The number of carbonyl (C=O) groups is 2. The molecule has 5 heteroatoms. The summed E-state index contributed by atoms with van der Waals surface area (Å²) in [6.45, 7) is 1.97. The number of aryl methyl sites for hydroxylation is 1. The molecule has 17 heavy (non-hydrogen) atoms. The number of aromatic carboxylic acids is 2. The Morgan fingerprint density at radius 2 is 1.82 bits per heavy atom. The van der Waals surface area contributed by atoms with Gasteiger partial charge in [-0.15, -0.1) is 0 Å². The summed E-state index contributed by atoms with van der Waals surface area (Å²) >= 11 is 0. The Balaban J connectivity index is 0.00000256. The summed E-state index contributed by atoms with van der Waals surface area (Å²) in [5.74, 6) is -2.96. The maximum absolute atomic E-state index is 10.9. The van der Waals surface area contributed by atoms with Crippen LogP contribution in [0.25, 0.3) is 0 Å². The maximum Gasteiger partial charge on any atom is 2.00 e. The van der Waals surface area contributed by atoms with Gasteiger partial charge in [-0.05, 0) is 18.4 Å². The van der Waals surface area contributed by atoms with E-state index in [-0.39, 0.29) is 27.9 Å². The van der Waals surface area contributed by atoms with Crippen LogP contribution in [0.2, 0.25) is 0 Å². The minimum absolute atomic E-state index is 0. The van der Waals surface area contributed by atoms with E-state index in [0.717, 1.165) is 12.8 Å². The van der Waals surface area contributed by atoms with E-state index in [2.05, 4.69) is 0 Å². The van der Waals surface area contributed by atoms with Gasteiger partial charge in [-0.3, -0.25) is 0 Å². The third-order valence-corrected chi connectivity index (χ3v) is 2.37. The largest absolute Gasteiger partial charge is 2.00 e. The van der Waals surface area contributed by atoms with Gasteiger partial charge in [0.25, 0.3) is 0 Å². The van der Waals surface area contributed by atoms with Gasteiger partial charge in [0, 0.05) is 11.1 Å². The van der Waals surface area contributed by atoms with Gasteiger partial charge in [-0.1, -0.05) is 31.5 Å². The van der Waals surface area contributed by atoms with Crippen molar-refractivity contribution in [3.8, 4) is 0 Å². The van der Waals surface area contributed by atoms with E-state index < -0.39 is 11.9 Å². The van der Waals surface area contributed by atoms with Crippen LogP contribution in [0.15, 0.2) is 18.2 Å². The second-order valence-electron chi connectivity index (χ2n) is 3.52.